The van der Waals surface area contributed by atoms with Crippen molar-refractivity contribution in [3.8, 4) is 0 Å². The van der Waals surface area contributed by atoms with Crippen molar-refractivity contribution in [2.24, 2.45) is 5.92 Å². The molecule has 2 aliphatic rings. The fraction of sp³-hybridized carbons (Fsp3) is 0.875. The van der Waals surface area contributed by atoms with Crippen molar-refractivity contribution in [3.05, 3.63) is 0 Å². The van der Waals surface area contributed by atoms with Crippen LogP contribution in [0, 0.1) is 5.92 Å². The van der Waals surface area contributed by atoms with Gasteiger partial charge in [-0.2, -0.15) is 0 Å². The molecule has 21 heavy (non-hydrogen) atoms. The zero-order valence-electron chi connectivity index (χ0n) is 12.9. The maximum absolute atomic E-state index is 12.6. The predicted molar refractivity (Wildman–Crippen MR) is 79.0 cm³/mol. The average Bonchev–Trinajstić information content (AvgIpc) is 2.53. The molecule has 2 rings (SSSR count). The lowest BCUT2D eigenvalue weighted by Crippen LogP contribution is -2.48. The Bertz CT molecular complexity index is 365. The number of carbonyl (C=O) groups is 2. The predicted octanol–water partition coefficient (Wildman–Crippen LogP) is 2.44. The lowest BCUT2D eigenvalue weighted by atomic mass is 9.96. The van der Waals surface area contributed by atoms with Gasteiger partial charge in [-0.25, -0.2) is 0 Å². The van der Waals surface area contributed by atoms with E-state index >= 15 is 0 Å². The maximum atomic E-state index is 12.6. The molecule has 0 aromatic heterocycles. The monoisotopic (exact) mass is 297 g/mol. The first kappa shape index (κ1) is 16.3. The number of carbonyl (C=O) groups excluding carboxylic acids is 1. The van der Waals surface area contributed by atoms with Crippen molar-refractivity contribution in [1.82, 2.24) is 4.90 Å². The minimum absolute atomic E-state index is 0.0194. The largest absolute Gasteiger partial charge is 0.481 e. The van der Waals surface area contributed by atoms with Gasteiger partial charge in [-0.05, 0) is 32.1 Å². The molecule has 120 valence electrons. The summed E-state index contributed by atoms with van der Waals surface area (Å²) in [6.45, 7) is 2.95. The minimum Gasteiger partial charge on any atom is -0.481 e. The van der Waals surface area contributed by atoms with Crippen LogP contribution in [0.4, 0.5) is 0 Å². The third-order valence-corrected chi connectivity index (χ3v) is 4.64. The Labute approximate surface area is 126 Å². The molecule has 0 spiro atoms. The number of piperidine rings is 1. The minimum atomic E-state index is -0.797. The van der Waals surface area contributed by atoms with Crippen LogP contribution < -0.4 is 0 Å². The van der Waals surface area contributed by atoms with Gasteiger partial charge in [-0.3, -0.25) is 9.59 Å². The number of hydrogen-bond acceptors (Lipinski definition) is 3. The Hall–Kier alpha value is -1.10. The molecule has 1 aliphatic carbocycles. The fourth-order valence-electron chi connectivity index (χ4n) is 3.35. The summed E-state index contributed by atoms with van der Waals surface area (Å²) in [4.78, 5) is 25.4. The smallest absolute Gasteiger partial charge is 0.308 e. The number of hydrogen-bond donors (Lipinski definition) is 1. The van der Waals surface area contributed by atoms with Gasteiger partial charge in [-0.1, -0.05) is 26.2 Å². The van der Waals surface area contributed by atoms with Crippen LogP contribution in [-0.4, -0.2) is 47.2 Å². The van der Waals surface area contributed by atoms with Crippen molar-refractivity contribution in [1.29, 1.82) is 0 Å². The summed E-state index contributed by atoms with van der Waals surface area (Å²) in [5.74, 6) is -1.24. The maximum Gasteiger partial charge on any atom is 0.308 e. The Morgan fingerprint density at radius 2 is 1.90 bits per heavy atom. The number of carboxylic acids is 1. The van der Waals surface area contributed by atoms with E-state index in [1.807, 2.05) is 6.92 Å². The molecule has 2 atom stereocenters. The summed E-state index contributed by atoms with van der Waals surface area (Å²) in [5, 5.41) is 9.13. The van der Waals surface area contributed by atoms with E-state index in [0.717, 1.165) is 19.3 Å². The van der Waals surface area contributed by atoms with E-state index in [1.165, 1.54) is 19.3 Å². The highest BCUT2D eigenvalue weighted by molar-refractivity contribution is 5.82. The number of nitrogens with zero attached hydrogens (tertiary/aromatic N) is 1. The van der Waals surface area contributed by atoms with Crippen LogP contribution in [0.5, 0.6) is 0 Å². The first-order valence-corrected chi connectivity index (χ1v) is 8.29. The van der Waals surface area contributed by atoms with E-state index in [2.05, 4.69) is 0 Å². The molecule has 2 unspecified atom stereocenters. The average molecular weight is 297 g/mol. The van der Waals surface area contributed by atoms with Crippen molar-refractivity contribution in [2.75, 3.05) is 13.1 Å². The SMILES string of the molecule is CCC(OC1CCCCC1)C(=O)N1CCCC(C(=O)O)C1. The third-order valence-electron chi connectivity index (χ3n) is 4.64. The molecule has 2 fully saturated rings. The van der Waals surface area contributed by atoms with Gasteiger partial charge in [-0.15, -0.1) is 0 Å². The highest BCUT2D eigenvalue weighted by Gasteiger charge is 2.32. The first-order chi connectivity index (χ1) is 10.1. The first-order valence-electron chi connectivity index (χ1n) is 8.29. The van der Waals surface area contributed by atoms with Gasteiger partial charge < -0.3 is 14.7 Å². The Kier molecular flexibility index (Phi) is 6.03. The second kappa shape index (κ2) is 7.78. The second-order valence-corrected chi connectivity index (χ2v) is 6.25. The number of carboxylic acid groups (broad SMARTS) is 1. The van der Waals surface area contributed by atoms with Gasteiger partial charge in [0.25, 0.3) is 5.91 Å². The molecule has 1 saturated heterocycles. The Morgan fingerprint density at radius 1 is 1.19 bits per heavy atom. The summed E-state index contributed by atoms with van der Waals surface area (Å²) >= 11 is 0. The normalized spacial score (nSPS) is 25.6. The molecular weight excluding hydrogens is 270 g/mol. The Balaban J connectivity index is 1.90. The number of likely N-dealkylation sites (tertiary alicyclic amines) is 1. The van der Waals surface area contributed by atoms with E-state index in [0.29, 0.717) is 25.9 Å². The summed E-state index contributed by atoms with van der Waals surface area (Å²) in [6, 6.07) is 0. The molecule has 1 amide bonds. The van der Waals surface area contributed by atoms with Crippen LogP contribution in [0.3, 0.4) is 0 Å². The fourth-order valence-corrected chi connectivity index (χ4v) is 3.35. The molecule has 1 aliphatic heterocycles. The molecule has 1 heterocycles. The van der Waals surface area contributed by atoms with Gasteiger partial charge in [0.1, 0.15) is 6.10 Å². The highest BCUT2D eigenvalue weighted by atomic mass is 16.5. The van der Waals surface area contributed by atoms with Crippen molar-refractivity contribution < 1.29 is 19.4 Å². The van der Waals surface area contributed by atoms with Crippen LogP contribution in [-0.2, 0) is 14.3 Å². The standard InChI is InChI=1S/C16H27NO4/c1-2-14(21-13-8-4-3-5-9-13)15(18)17-10-6-7-12(11-17)16(19)20/h12-14H,2-11H2,1H3,(H,19,20). The topological polar surface area (TPSA) is 66.8 Å². The summed E-state index contributed by atoms with van der Waals surface area (Å²) in [7, 11) is 0. The van der Waals surface area contributed by atoms with Gasteiger partial charge in [0.05, 0.1) is 12.0 Å². The van der Waals surface area contributed by atoms with E-state index in [-0.39, 0.29) is 12.0 Å². The van der Waals surface area contributed by atoms with Crippen LogP contribution >= 0.6 is 0 Å². The lowest BCUT2D eigenvalue weighted by molar-refractivity contribution is -0.154. The van der Waals surface area contributed by atoms with Gasteiger partial charge in [0, 0.05) is 13.1 Å². The molecule has 1 saturated carbocycles. The van der Waals surface area contributed by atoms with E-state index in [4.69, 9.17) is 9.84 Å². The van der Waals surface area contributed by atoms with E-state index < -0.39 is 18.0 Å². The van der Waals surface area contributed by atoms with Crippen LogP contribution in [0.1, 0.15) is 58.3 Å². The molecule has 0 radical (unpaired) electrons. The third kappa shape index (κ3) is 4.43. The molecule has 0 bridgehead atoms. The quantitative estimate of drug-likeness (QED) is 0.846. The van der Waals surface area contributed by atoms with Crippen LogP contribution in [0.25, 0.3) is 0 Å². The van der Waals surface area contributed by atoms with Gasteiger partial charge in [0.15, 0.2) is 0 Å². The number of aliphatic carboxylic acids is 1. The van der Waals surface area contributed by atoms with E-state index in [9.17, 15) is 9.59 Å². The highest BCUT2D eigenvalue weighted by Crippen LogP contribution is 2.24. The number of rotatable bonds is 5. The summed E-state index contributed by atoms with van der Waals surface area (Å²) < 4.78 is 6.01. The Morgan fingerprint density at radius 3 is 2.52 bits per heavy atom. The molecule has 5 nitrogen and oxygen atoms in total. The summed E-state index contributed by atoms with van der Waals surface area (Å²) in [5.41, 5.74) is 0. The zero-order chi connectivity index (χ0) is 15.2. The van der Waals surface area contributed by atoms with Gasteiger partial charge in [0.2, 0.25) is 0 Å². The molecule has 5 heteroatoms. The molecule has 0 aromatic rings. The van der Waals surface area contributed by atoms with Crippen molar-refractivity contribution in [3.63, 3.8) is 0 Å². The molecular formula is C16H27NO4. The molecule has 1 N–H and O–H groups in total. The van der Waals surface area contributed by atoms with Crippen molar-refractivity contribution in [2.45, 2.75) is 70.5 Å². The number of amides is 1. The van der Waals surface area contributed by atoms with Crippen LogP contribution in [0.2, 0.25) is 0 Å². The lowest BCUT2D eigenvalue weighted by Gasteiger charge is -2.34. The van der Waals surface area contributed by atoms with Crippen molar-refractivity contribution >= 4 is 11.9 Å². The number of ether oxygens (including phenoxy) is 1. The van der Waals surface area contributed by atoms with Gasteiger partial charge >= 0.3 is 5.97 Å². The van der Waals surface area contributed by atoms with Crippen LogP contribution in [0.15, 0.2) is 0 Å². The zero-order valence-corrected chi connectivity index (χ0v) is 12.9. The molecule has 0 aromatic carbocycles. The summed E-state index contributed by atoms with van der Waals surface area (Å²) in [6.07, 6.45) is 7.60. The second-order valence-electron chi connectivity index (χ2n) is 6.25. The van der Waals surface area contributed by atoms with E-state index in [1.54, 1.807) is 4.90 Å².